The Morgan fingerprint density at radius 3 is 2.47 bits per heavy atom. The summed E-state index contributed by atoms with van der Waals surface area (Å²) in [5.74, 6) is 0.814. The topological polar surface area (TPSA) is 97.5 Å². The van der Waals surface area contributed by atoms with Crippen molar-refractivity contribution in [2.75, 3.05) is 30.3 Å². The highest BCUT2D eigenvalue weighted by atomic mass is 16.6. The molecule has 0 radical (unpaired) electrons. The minimum atomic E-state index is -0.524. The fraction of sp³-hybridized carbons (Fsp3) is 0.545. The van der Waals surface area contributed by atoms with Crippen molar-refractivity contribution in [1.29, 1.82) is 0 Å². The van der Waals surface area contributed by atoms with Gasteiger partial charge in [0.25, 0.3) is 0 Å². The summed E-state index contributed by atoms with van der Waals surface area (Å²) in [5.41, 5.74) is 9.17. The van der Waals surface area contributed by atoms with Crippen molar-refractivity contribution >= 4 is 17.9 Å². The fourth-order valence-electron chi connectivity index (χ4n) is 3.65. The van der Waals surface area contributed by atoms with Gasteiger partial charge in [-0.2, -0.15) is 4.98 Å². The number of piperazine rings is 1. The Morgan fingerprint density at radius 1 is 1.17 bits per heavy atom. The molecule has 0 atom stereocenters. The van der Waals surface area contributed by atoms with Gasteiger partial charge in [-0.1, -0.05) is 18.2 Å². The highest BCUT2D eigenvalue weighted by molar-refractivity contribution is 5.73. The van der Waals surface area contributed by atoms with Crippen LogP contribution in [-0.2, 0) is 4.74 Å². The van der Waals surface area contributed by atoms with Crippen molar-refractivity contribution in [3.8, 4) is 11.3 Å². The lowest BCUT2D eigenvalue weighted by atomic mass is 9.99. The lowest BCUT2D eigenvalue weighted by Gasteiger charge is -2.46. The smallest absolute Gasteiger partial charge is 0.410 e. The number of carbonyl (C=O) groups excluding carboxylic acids is 1. The van der Waals surface area contributed by atoms with Gasteiger partial charge in [0.2, 0.25) is 5.95 Å². The Morgan fingerprint density at radius 2 is 1.87 bits per heavy atom. The lowest BCUT2D eigenvalue weighted by molar-refractivity contribution is 0.0178. The van der Waals surface area contributed by atoms with Gasteiger partial charge in [0.05, 0.1) is 5.54 Å². The Balaban J connectivity index is 1.82. The summed E-state index contributed by atoms with van der Waals surface area (Å²) in [4.78, 5) is 20.8. The molecule has 0 unspecified atom stereocenters. The fourth-order valence-corrected chi connectivity index (χ4v) is 3.65. The third kappa shape index (κ3) is 4.47. The zero-order valence-electron chi connectivity index (χ0n) is 19.0. The van der Waals surface area contributed by atoms with Crippen LogP contribution in [-0.4, -0.2) is 56.9 Å². The Kier molecular flexibility index (Phi) is 5.62. The van der Waals surface area contributed by atoms with Crippen LogP contribution in [0.2, 0.25) is 0 Å². The predicted molar refractivity (Wildman–Crippen MR) is 118 cm³/mol. The molecular formula is C22H32N6O2. The number of carbonyl (C=O) groups is 1. The number of aryl methyl sites for hydroxylation is 1. The zero-order valence-corrected chi connectivity index (χ0v) is 19.0. The van der Waals surface area contributed by atoms with Gasteiger partial charge >= 0.3 is 6.09 Å². The molecule has 1 aliphatic heterocycles. The van der Waals surface area contributed by atoms with Crippen molar-refractivity contribution in [1.82, 2.24) is 20.1 Å². The summed E-state index contributed by atoms with van der Waals surface area (Å²) in [6, 6.07) is 6.01. The first-order chi connectivity index (χ1) is 13.9. The normalized spacial score (nSPS) is 16.5. The lowest BCUT2D eigenvalue weighted by Crippen LogP contribution is -2.61. The van der Waals surface area contributed by atoms with Crippen LogP contribution >= 0.6 is 0 Å². The van der Waals surface area contributed by atoms with E-state index in [2.05, 4.69) is 28.2 Å². The number of benzene rings is 1. The van der Waals surface area contributed by atoms with Crippen molar-refractivity contribution in [3.05, 3.63) is 29.3 Å². The van der Waals surface area contributed by atoms with E-state index in [4.69, 9.17) is 10.5 Å². The largest absolute Gasteiger partial charge is 0.444 e. The standard InChI is InChI=1S/C22H32N6O2/c1-14-9-8-10-16(15(14)2)17-18(23)24-19(26-25-17)28-12-11-27(13-22(28,6)7)20(29)30-21(3,4)5/h8-10H,11-13H2,1-7H3,(H2,23,24,26). The molecular weight excluding hydrogens is 380 g/mol. The molecule has 2 heterocycles. The average molecular weight is 413 g/mol. The van der Waals surface area contributed by atoms with Crippen LogP contribution in [0.4, 0.5) is 16.6 Å². The van der Waals surface area contributed by atoms with Crippen molar-refractivity contribution in [3.63, 3.8) is 0 Å². The first-order valence-corrected chi connectivity index (χ1v) is 10.2. The van der Waals surface area contributed by atoms with E-state index in [-0.39, 0.29) is 6.09 Å². The van der Waals surface area contributed by atoms with Crippen molar-refractivity contribution in [2.45, 2.75) is 59.6 Å². The molecule has 162 valence electrons. The molecule has 1 amide bonds. The molecule has 0 aliphatic carbocycles. The summed E-state index contributed by atoms with van der Waals surface area (Å²) in [7, 11) is 0. The summed E-state index contributed by atoms with van der Waals surface area (Å²) in [5, 5.41) is 8.79. The molecule has 1 aliphatic rings. The molecule has 2 N–H and O–H groups in total. The first-order valence-electron chi connectivity index (χ1n) is 10.2. The zero-order chi connectivity index (χ0) is 22.3. The molecule has 1 aromatic heterocycles. The molecule has 1 aromatic carbocycles. The van der Waals surface area contributed by atoms with Crippen LogP contribution in [0.1, 0.15) is 45.7 Å². The van der Waals surface area contributed by atoms with E-state index >= 15 is 0 Å². The Labute approximate surface area is 178 Å². The summed E-state index contributed by atoms with van der Waals surface area (Å²) >= 11 is 0. The van der Waals surface area contributed by atoms with E-state index in [0.717, 1.165) is 16.7 Å². The second-order valence-electron chi connectivity index (χ2n) is 9.46. The maximum Gasteiger partial charge on any atom is 0.410 e. The van der Waals surface area contributed by atoms with E-state index in [9.17, 15) is 4.79 Å². The third-order valence-electron chi connectivity index (χ3n) is 5.36. The van der Waals surface area contributed by atoms with Crippen LogP contribution in [0.5, 0.6) is 0 Å². The summed E-state index contributed by atoms with van der Waals surface area (Å²) in [6.07, 6.45) is -0.306. The highest BCUT2D eigenvalue weighted by Gasteiger charge is 2.38. The van der Waals surface area contributed by atoms with Gasteiger partial charge in [-0.3, -0.25) is 0 Å². The monoisotopic (exact) mass is 412 g/mol. The molecule has 8 heteroatoms. The van der Waals surface area contributed by atoms with Crippen LogP contribution in [0.3, 0.4) is 0 Å². The molecule has 2 aromatic rings. The van der Waals surface area contributed by atoms with Gasteiger partial charge in [-0.05, 0) is 59.6 Å². The predicted octanol–water partition coefficient (Wildman–Crippen LogP) is 3.57. The highest BCUT2D eigenvalue weighted by Crippen LogP contribution is 2.30. The van der Waals surface area contributed by atoms with Crippen LogP contribution in [0, 0.1) is 13.8 Å². The summed E-state index contributed by atoms with van der Waals surface area (Å²) in [6.45, 7) is 15.4. The number of hydrogen-bond donors (Lipinski definition) is 1. The van der Waals surface area contributed by atoms with Gasteiger partial charge in [0.1, 0.15) is 11.3 Å². The molecule has 3 rings (SSSR count). The SMILES string of the molecule is Cc1cccc(-c2nnc(N3CCN(C(=O)OC(C)(C)C)CC3(C)C)nc2N)c1C. The van der Waals surface area contributed by atoms with E-state index in [1.165, 1.54) is 0 Å². The summed E-state index contributed by atoms with van der Waals surface area (Å²) < 4.78 is 5.52. The quantitative estimate of drug-likeness (QED) is 0.805. The molecule has 8 nitrogen and oxygen atoms in total. The second kappa shape index (κ2) is 7.74. The maximum absolute atomic E-state index is 12.5. The van der Waals surface area contributed by atoms with Gasteiger partial charge in [0, 0.05) is 25.2 Å². The third-order valence-corrected chi connectivity index (χ3v) is 5.36. The molecule has 30 heavy (non-hydrogen) atoms. The molecule has 0 spiro atoms. The van der Waals surface area contributed by atoms with Crippen LogP contribution < -0.4 is 10.6 Å². The molecule has 0 bridgehead atoms. The number of amides is 1. The van der Waals surface area contributed by atoms with Crippen molar-refractivity contribution in [2.24, 2.45) is 0 Å². The van der Waals surface area contributed by atoms with Crippen molar-refractivity contribution < 1.29 is 9.53 Å². The van der Waals surface area contributed by atoms with E-state index in [1.807, 2.05) is 58.6 Å². The minimum Gasteiger partial charge on any atom is -0.444 e. The number of aromatic nitrogens is 3. The van der Waals surface area contributed by atoms with Crippen LogP contribution in [0.15, 0.2) is 18.2 Å². The van der Waals surface area contributed by atoms with E-state index in [0.29, 0.717) is 37.1 Å². The number of nitrogen functional groups attached to an aromatic ring is 1. The molecule has 1 fully saturated rings. The van der Waals surface area contributed by atoms with Crippen LogP contribution in [0.25, 0.3) is 11.3 Å². The number of rotatable bonds is 2. The molecule has 0 saturated carbocycles. The average Bonchev–Trinajstić information content (AvgIpc) is 2.62. The number of nitrogens with zero attached hydrogens (tertiary/aromatic N) is 5. The van der Waals surface area contributed by atoms with Gasteiger partial charge < -0.3 is 20.3 Å². The van der Waals surface area contributed by atoms with Gasteiger partial charge in [-0.25, -0.2) is 4.79 Å². The molecule has 1 saturated heterocycles. The second-order valence-corrected chi connectivity index (χ2v) is 9.46. The van der Waals surface area contributed by atoms with Gasteiger partial charge in [-0.15, -0.1) is 10.2 Å². The Hall–Kier alpha value is -2.90. The van der Waals surface area contributed by atoms with E-state index < -0.39 is 11.1 Å². The number of anilines is 2. The van der Waals surface area contributed by atoms with Gasteiger partial charge in [0.15, 0.2) is 5.82 Å². The maximum atomic E-state index is 12.5. The minimum absolute atomic E-state index is 0.306. The van der Waals surface area contributed by atoms with E-state index in [1.54, 1.807) is 4.90 Å². The first kappa shape index (κ1) is 21.8. The number of nitrogens with two attached hydrogens (primary N) is 1. The Bertz CT molecular complexity index is 951. The number of ether oxygens (including phenoxy) is 1. The number of hydrogen-bond acceptors (Lipinski definition) is 7.